The van der Waals surface area contributed by atoms with Crippen LogP contribution in [-0.2, 0) is 0 Å². The highest BCUT2D eigenvalue weighted by Crippen LogP contribution is 2.42. The van der Waals surface area contributed by atoms with Crippen molar-refractivity contribution < 1.29 is 9.50 Å². The average molecular weight is 257 g/mol. The van der Waals surface area contributed by atoms with Crippen LogP contribution >= 0.6 is 11.6 Å². The highest BCUT2D eigenvalue weighted by molar-refractivity contribution is 6.31. The molecule has 0 amide bonds. The van der Waals surface area contributed by atoms with Crippen LogP contribution in [-0.4, -0.2) is 5.11 Å². The van der Waals surface area contributed by atoms with Gasteiger partial charge in [-0.3, -0.25) is 0 Å². The molecule has 1 aromatic carbocycles. The molecule has 1 aliphatic carbocycles. The van der Waals surface area contributed by atoms with Gasteiger partial charge in [0.05, 0.1) is 6.10 Å². The predicted molar refractivity (Wildman–Crippen MR) is 67.5 cm³/mol. The molecule has 94 valence electrons. The molecule has 1 N–H and O–H groups in total. The van der Waals surface area contributed by atoms with E-state index in [1.165, 1.54) is 6.07 Å². The Hall–Kier alpha value is -0.600. The second-order valence-electron chi connectivity index (χ2n) is 4.93. The molecule has 0 aromatic heterocycles. The summed E-state index contributed by atoms with van der Waals surface area (Å²) in [5, 5.41) is 10.6. The molecule has 3 heteroatoms. The number of hydrogen-bond acceptors (Lipinski definition) is 1. The van der Waals surface area contributed by atoms with Crippen LogP contribution in [0.4, 0.5) is 4.39 Å². The summed E-state index contributed by atoms with van der Waals surface area (Å²) in [5.41, 5.74) is 0.274. The minimum atomic E-state index is -0.764. The first-order chi connectivity index (χ1) is 8.13. The van der Waals surface area contributed by atoms with Gasteiger partial charge >= 0.3 is 0 Å². The van der Waals surface area contributed by atoms with E-state index in [4.69, 9.17) is 11.6 Å². The number of rotatable bonds is 3. The Morgan fingerprint density at radius 3 is 2.82 bits per heavy atom. The van der Waals surface area contributed by atoms with Crippen molar-refractivity contribution in [2.75, 3.05) is 0 Å². The van der Waals surface area contributed by atoms with Crippen LogP contribution < -0.4 is 0 Å². The largest absolute Gasteiger partial charge is 0.388 e. The molecule has 3 atom stereocenters. The van der Waals surface area contributed by atoms with Gasteiger partial charge in [-0.15, -0.1) is 0 Å². The normalized spacial score (nSPS) is 26.1. The maximum Gasteiger partial charge on any atom is 0.130 e. The molecule has 17 heavy (non-hydrogen) atoms. The summed E-state index contributed by atoms with van der Waals surface area (Å²) in [6.07, 6.45) is 3.44. The Bertz CT molecular complexity index is 374. The Morgan fingerprint density at radius 2 is 2.24 bits per heavy atom. The van der Waals surface area contributed by atoms with E-state index >= 15 is 0 Å². The van der Waals surface area contributed by atoms with Crippen LogP contribution in [0.5, 0.6) is 0 Å². The lowest BCUT2D eigenvalue weighted by Crippen LogP contribution is -2.12. The summed E-state index contributed by atoms with van der Waals surface area (Å²) in [6, 6.07) is 4.56. The molecule has 0 heterocycles. The number of hydrogen-bond donors (Lipinski definition) is 1. The fourth-order valence-electron chi connectivity index (χ4n) is 2.80. The lowest BCUT2D eigenvalue weighted by Gasteiger charge is -2.20. The Labute approximate surface area is 107 Å². The van der Waals surface area contributed by atoms with Gasteiger partial charge < -0.3 is 5.11 Å². The van der Waals surface area contributed by atoms with Crippen LogP contribution in [0.25, 0.3) is 0 Å². The quantitative estimate of drug-likeness (QED) is 0.853. The number of aliphatic hydroxyl groups is 1. The third-order valence-corrected chi connectivity index (χ3v) is 4.23. The van der Waals surface area contributed by atoms with Gasteiger partial charge in [0.25, 0.3) is 0 Å². The zero-order valence-corrected chi connectivity index (χ0v) is 10.8. The van der Waals surface area contributed by atoms with Gasteiger partial charge in [-0.05, 0) is 36.8 Å². The second kappa shape index (κ2) is 5.36. The van der Waals surface area contributed by atoms with Crippen molar-refractivity contribution in [1.29, 1.82) is 0 Å². The molecule has 1 aliphatic rings. The van der Waals surface area contributed by atoms with E-state index in [-0.39, 0.29) is 11.5 Å². The Kier molecular flexibility index (Phi) is 4.05. The smallest absolute Gasteiger partial charge is 0.130 e. The van der Waals surface area contributed by atoms with Gasteiger partial charge in [-0.1, -0.05) is 37.4 Å². The SMILES string of the molecule is CCC1CCC(C(O)c2c(F)cccc2Cl)C1. The molecule has 0 radical (unpaired) electrons. The maximum atomic E-state index is 13.7. The molecule has 0 saturated heterocycles. The highest BCUT2D eigenvalue weighted by atomic mass is 35.5. The van der Waals surface area contributed by atoms with Crippen LogP contribution in [0.2, 0.25) is 5.02 Å². The number of aliphatic hydroxyl groups excluding tert-OH is 1. The molecule has 2 rings (SSSR count). The topological polar surface area (TPSA) is 20.2 Å². The zero-order chi connectivity index (χ0) is 12.4. The molecule has 0 spiro atoms. The summed E-state index contributed by atoms with van der Waals surface area (Å²) in [6.45, 7) is 2.16. The molecule has 3 unspecified atom stereocenters. The summed E-state index contributed by atoms with van der Waals surface area (Å²) in [5.74, 6) is 0.416. The fourth-order valence-corrected chi connectivity index (χ4v) is 3.07. The summed E-state index contributed by atoms with van der Waals surface area (Å²) < 4.78 is 13.7. The van der Waals surface area contributed by atoms with Crippen LogP contribution in [0.3, 0.4) is 0 Å². The standard InChI is InChI=1S/C14H18ClFO/c1-2-9-6-7-10(8-9)14(17)13-11(15)4-3-5-12(13)16/h3-5,9-10,14,17H,2,6-8H2,1H3. The van der Waals surface area contributed by atoms with Crippen molar-refractivity contribution >= 4 is 11.6 Å². The first-order valence-electron chi connectivity index (χ1n) is 6.25. The van der Waals surface area contributed by atoms with Gasteiger partial charge in [0, 0.05) is 10.6 Å². The van der Waals surface area contributed by atoms with E-state index in [2.05, 4.69) is 6.92 Å². The minimum absolute atomic E-state index is 0.148. The lowest BCUT2D eigenvalue weighted by molar-refractivity contribution is 0.105. The van der Waals surface area contributed by atoms with Crippen molar-refractivity contribution in [2.24, 2.45) is 11.8 Å². The summed E-state index contributed by atoms with van der Waals surface area (Å²) in [4.78, 5) is 0. The molecular weight excluding hydrogens is 239 g/mol. The first-order valence-corrected chi connectivity index (χ1v) is 6.63. The van der Waals surface area contributed by atoms with Crippen molar-refractivity contribution in [3.63, 3.8) is 0 Å². The first kappa shape index (κ1) is 12.8. The molecule has 1 fully saturated rings. The molecule has 1 saturated carbocycles. The zero-order valence-electron chi connectivity index (χ0n) is 10.00. The lowest BCUT2D eigenvalue weighted by atomic mass is 9.92. The summed E-state index contributed by atoms with van der Waals surface area (Å²) in [7, 11) is 0. The van der Waals surface area contributed by atoms with Crippen LogP contribution in [0.1, 0.15) is 44.3 Å². The molecule has 0 bridgehead atoms. The van der Waals surface area contributed by atoms with E-state index in [0.717, 1.165) is 25.7 Å². The van der Waals surface area contributed by atoms with E-state index < -0.39 is 11.9 Å². The van der Waals surface area contributed by atoms with Gasteiger partial charge in [-0.25, -0.2) is 4.39 Å². The fraction of sp³-hybridized carbons (Fsp3) is 0.571. The molecular formula is C14H18ClFO. The van der Waals surface area contributed by atoms with Crippen molar-refractivity contribution in [1.82, 2.24) is 0 Å². The highest BCUT2D eigenvalue weighted by Gasteiger charge is 2.32. The van der Waals surface area contributed by atoms with Crippen molar-refractivity contribution in [3.8, 4) is 0 Å². The second-order valence-corrected chi connectivity index (χ2v) is 5.33. The molecule has 1 aromatic rings. The Balaban J connectivity index is 2.17. The molecule has 0 aliphatic heterocycles. The third-order valence-electron chi connectivity index (χ3n) is 3.90. The van der Waals surface area contributed by atoms with E-state index in [0.29, 0.717) is 10.9 Å². The summed E-state index contributed by atoms with van der Waals surface area (Å²) >= 11 is 5.97. The van der Waals surface area contributed by atoms with Gasteiger partial charge in [-0.2, -0.15) is 0 Å². The Morgan fingerprint density at radius 1 is 1.47 bits per heavy atom. The third kappa shape index (κ3) is 2.63. The van der Waals surface area contributed by atoms with Gasteiger partial charge in [0.1, 0.15) is 5.82 Å². The minimum Gasteiger partial charge on any atom is -0.388 e. The number of benzene rings is 1. The monoisotopic (exact) mass is 256 g/mol. The van der Waals surface area contributed by atoms with Crippen molar-refractivity contribution in [2.45, 2.75) is 38.7 Å². The molecule has 1 nitrogen and oxygen atoms in total. The van der Waals surface area contributed by atoms with Crippen LogP contribution in [0.15, 0.2) is 18.2 Å². The average Bonchev–Trinajstić information content (AvgIpc) is 2.77. The van der Waals surface area contributed by atoms with Gasteiger partial charge in [0.15, 0.2) is 0 Å². The predicted octanol–water partition coefficient (Wildman–Crippen LogP) is 4.34. The van der Waals surface area contributed by atoms with Gasteiger partial charge in [0.2, 0.25) is 0 Å². The van der Waals surface area contributed by atoms with Crippen LogP contribution in [0, 0.1) is 17.7 Å². The van der Waals surface area contributed by atoms with Crippen molar-refractivity contribution in [3.05, 3.63) is 34.6 Å². The number of halogens is 2. The van der Waals surface area contributed by atoms with E-state index in [1.54, 1.807) is 12.1 Å². The maximum absolute atomic E-state index is 13.7. The van der Waals surface area contributed by atoms with E-state index in [1.807, 2.05) is 0 Å². The van der Waals surface area contributed by atoms with E-state index in [9.17, 15) is 9.50 Å².